The Bertz CT molecular complexity index is 1300. The van der Waals surface area contributed by atoms with Gasteiger partial charge in [-0.2, -0.15) is 0 Å². The Morgan fingerprint density at radius 2 is 1.02 bits per heavy atom. The van der Waals surface area contributed by atoms with Crippen molar-refractivity contribution in [3.63, 3.8) is 0 Å². The van der Waals surface area contributed by atoms with Crippen molar-refractivity contribution in [2.24, 2.45) is 0 Å². The molecule has 0 spiro atoms. The summed E-state index contributed by atoms with van der Waals surface area (Å²) in [6, 6.07) is 14.3. The van der Waals surface area contributed by atoms with E-state index in [1.807, 2.05) is 12.1 Å². The third-order valence-corrected chi connectivity index (χ3v) is 17.3. The molecule has 0 bridgehead atoms. The second-order valence-electron chi connectivity index (χ2n) is 13.3. The lowest BCUT2D eigenvalue weighted by Crippen LogP contribution is -2.44. The van der Waals surface area contributed by atoms with Gasteiger partial charge in [0.1, 0.15) is 34.7 Å². The predicted octanol–water partition coefficient (Wildman–Crippen LogP) is 11.5. The average Bonchev–Trinajstić information content (AvgIpc) is 2.85. The van der Waals surface area contributed by atoms with Crippen LogP contribution in [0.25, 0.3) is 0 Å². The molecule has 42 heavy (non-hydrogen) atoms. The van der Waals surface area contributed by atoms with E-state index in [4.69, 9.17) is 14.0 Å². The largest absolute Gasteiger partial charge is 0.543 e. The smallest absolute Gasteiger partial charge is 0.250 e. The molecule has 0 aliphatic carbocycles. The van der Waals surface area contributed by atoms with Crippen molar-refractivity contribution in [1.82, 2.24) is 0 Å². The van der Waals surface area contributed by atoms with Crippen LogP contribution in [0.4, 0.5) is 13.2 Å². The summed E-state index contributed by atoms with van der Waals surface area (Å²) in [5.74, 6) is 0.597. The van der Waals surface area contributed by atoms with Gasteiger partial charge in [-0.15, -0.1) is 0 Å². The second-order valence-corrected chi connectivity index (χ2v) is 23.3. The molecule has 0 saturated heterocycles. The molecule has 0 aliphatic rings. The van der Waals surface area contributed by atoms with Crippen molar-refractivity contribution in [2.75, 3.05) is 0 Å². The zero-order chi connectivity index (χ0) is 32.7. The first-order valence-electron chi connectivity index (χ1n) is 14.0. The molecule has 0 atom stereocenters. The fourth-order valence-electron chi connectivity index (χ4n) is 2.91. The van der Waals surface area contributed by atoms with Crippen LogP contribution in [-0.2, 0) is 5.33 Å². The van der Waals surface area contributed by atoms with E-state index in [1.54, 1.807) is 19.1 Å². The van der Waals surface area contributed by atoms with Gasteiger partial charge in [-0.1, -0.05) is 75.7 Å². The summed E-state index contributed by atoms with van der Waals surface area (Å²) in [6.07, 6.45) is 0. The Morgan fingerprint density at radius 3 is 1.43 bits per heavy atom. The van der Waals surface area contributed by atoms with Gasteiger partial charge in [0.15, 0.2) is 0 Å². The van der Waals surface area contributed by atoms with Crippen molar-refractivity contribution in [3.8, 4) is 17.2 Å². The predicted molar refractivity (Wildman–Crippen MR) is 179 cm³/mol. The zero-order valence-corrected chi connectivity index (χ0v) is 30.8. The Balaban J connectivity index is 0.000000329. The summed E-state index contributed by atoms with van der Waals surface area (Å²) in [5.41, 5.74) is 1.52. The third-order valence-electron chi connectivity index (χ3n) is 8.01. The highest BCUT2D eigenvalue weighted by Crippen LogP contribution is 2.39. The number of aromatic hydroxyl groups is 1. The van der Waals surface area contributed by atoms with Gasteiger partial charge in [-0.05, 0) is 86.5 Å². The normalized spacial score (nSPS) is 12.0. The standard InChI is InChI=1S/C13H20BrFOSi.C13H21FOSi.C7H7FO/c1-13(2,3)17(4,5)16-12-8-6-7-11(15)10(12)9-14;1-10-11(14)8-7-9-12(10)15-16(5,6)13(2,3)4;1-5-6(8)3-2-4-7(5)9/h6-8H,9H2,1-5H3;7-9H,1-6H3;2-4,9H,1H3. The summed E-state index contributed by atoms with van der Waals surface area (Å²) >= 11 is 3.31. The van der Waals surface area contributed by atoms with E-state index < -0.39 is 16.6 Å². The van der Waals surface area contributed by atoms with Gasteiger partial charge in [0, 0.05) is 22.0 Å². The number of halogens is 4. The molecule has 9 heteroatoms. The lowest BCUT2D eigenvalue weighted by Gasteiger charge is -2.37. The minimum absolute atomic E-state index is 0.00926. The van der Waals surface area contributed by atoms with Crippen LogP contribution in [0.1, 0.15) is 58.2 Å². The van der Waals surface area contributed by atoms with Crippen molar-refractivity contribution in [1.29, 1.82) is 0 Å². The first-order valence-corrected chi connectivity index (χ1v) is 20.9. The Hall–Kier alpha value is -2.24. The molecular weight excluding hydrogens is 637 g/mol. The van der Waals surface area contributed by atoms with E-state index in [1.165, 1.54) is 37.3 Å². The number of phenols is 1. The maximum Gasteiger partial charge on any atom is 0.250 e. The Morgan fingerprint density at radius 1 is 0.643 bits per heavy atom. The second kappa shape index (κ2) is 15.0. The van der Waals surface area contributed by atoms with Crippen molar-refractivity contribution in [2.45, 2.75) is 97.0 Å². The SMILES string of the molecule is CC(C)(C)[Si](C)(C)Oc1cccc(F)c1CBr.Cc1c(F)cccc1O[Si](C)(C)C(C)(C)C.Cc1c(O)cccc1F. The van der Waals surface area contributed by atoms with Gasteiger partial charge in [0.25, 0.3) is 0 Å². The zero-order valence-electron chi connectivity index (χ0n) is 27.2. The van der Waals surface area contributed by atoms with Crippen molar-refractivity contribution in [3.05, 3.63) is 88.7 Å². The molecule has 3 aromatic rings. The van der Waals surface area contributed by atoms with Crippen LogP contribution >= 0.6 is 15.9 Å². The number of alkyl halides is 1. The number of hydrogen-bond donors (Lipinski definition) is 1. The molecule has 0 saturated carbocycles. The topological polar surface area (TPSA) is 38.7 Å². The summed E-state index contributed by atoms with van der Waals surface area (Å²) < 4.78 is 51.6. The van der Waals surface area contributed by atoms with Gasteiger partial charge in [-0.3, -0.25) is 0 Å². The monoisotopic (exact) mass is 684 g/mol. The minimum atomic E-state index is -1.90. The van der Waals surface area contributed by atoms with E-state index in [-0.39, 0.29) is 33.3 Å². The molecule has 0 aromatic heterocycles. The number of hydrogen-bond acceptors (Lipinski definition) is 3. The van der Waals surface area contributed by atoms with Crippen LogP contribution in [0, 0.1) is 31.3 Å². The molecule has 234 valence electrons. The molecule has 1 N–H and O–H groups in total. The molecular formula is C33H48BrF3O3Si2. The Labute approximate surface area is 261 Å². The first-order chi connectivity index (χ1) is 19.1. The molecule has 3 rings (SSSR count). The van der Waals surface area contributed by atoms with E-state index in [9.17, 15) is 13.2 Å². The van der Waals surface area contributed by atoms with E-state index in [2.05, 4.69) is 83.7 Å². The highest BCUT2D eigenvalue weighted by atomic mass is 79.9. The van der Waals surface area contributed by atoms with Crippen LogP contribution < -0.4 is 8.85 Å². The fourth-order valence-corrected chi connectivity index (χ4v) is 5.58. The van der Waals surface area contributed by atoms with Gasteiger partial charge in [-0.25, -0.2) is 13.2 Å². The van der Waals surface area contributed by atoms with E-state index in [0.717, 1.165) is 0 Å². The third kappa shape index (κ3) is 10.5. The van der Waals surface area contributed by atoms with Crippen LogP contribution in [-0.4, -0.2) is 21.7 Å². The first kappa shape index (κ1) is 37.8. The quantitative estimate of drug-likeness (QED) is 0.215. The van der Waals surface area contributed by atoms with Crippen molar-refractivity contribution >= 4 is 32.6 Å². The number of phenolic OH excluding ortho intramolecular Hbond substituents is 1. The number of benzene rings is 3. The maximum atomic E-state index is 13.6. The summed E-state index contributed by atoms with van der Waals surface area (Å²) in [7, 11) is -3.77. The minimum Gasteiger partial charge on any atom is -0.543 e. The summed E-state index contributed by atoms with van der Waals surface area (Å²) in [5, 5.41) is 9.58. The van der Waals surface area contributed by atoms with E-state index in [0.29, 0.717) is 33.5 Å². The van der Waals surface area contributed by atoms with Gasteiger partial charge in [0.2, 0.25) is 16.6 Å². The number of rotatable bonds is 5. The van der Waals surface area contributed by atoms with Gasteiger partial charge < -0.3 is 14.0 Å². The lowest BCUT2D eigenvalue weighted by atomic mass is 10.2. The molecule has 0 fully saturated rings. The van der Waals surface area contributed by atoms with Crippen LogP contribution in [0.3, 0.4) is 0 Å². The summed E-state index contributed by atoms with van der Waals surface area (Å²) in [4.78, 5) is 0. The molecule has 0 heterocycles. The van der Waals surface area contributed by atoms with E-state index >= 15 is 0 Å². The molecule has 0 unspecified atom stereocenters. The average molecular weight is 686 g/mol. The molecule has 0 amide bonds. The molecule has 3 aromatic carbocycles. The highest BCUT2D eigenvalue weighted by Gasteiger charge is 2.40. The van der Waals surface area contributed by atoms with Crippen LogP contribution in [0.2, 0.25) is 36.3 Å². The van der Waals surface area contributed by atoms with Gasteiger partial charge >= 0.3 is 0 Å². The van der Waals surface area contributed by atoms with Crippen LogP contribution in [0.5, 0.6) is 17.2 Å². The summed E-state index contributed by atoms with van der Waals surface area (Å²) in [6.45, 7) is 25.0. The maximum absolute atomic E-state index is 13.6. The molecule has 0 aliphatic heterocycles. The van der Waals surface area contributed by atoms with Crippen molar-refractivity contribution < 1.29 is 27.1 Å². The molecule has 0 radical (unpaired) electrons. The van der Waals surface area contributed by atoms with Gasteiger partial charge in [0.05, 0.1) is 0 Å². The molecule has 3 nitrogen and oxygen atoms in total. The van der Waals surface area contributed by atoms with Crippen LogP contribution in [0.15, 0.2) is 54.6 Å². The Kier molecular flexibility index (Phi) is 13.5. The fraction of sp³-hybridized carbons (Fsp3) is 0.455. The highest BCUT2D eigenvalue weighted by molar-refractivity contribution is 9.08. The lowest BCUT2D eigenvalue weighted by molar-refractivity contribution is 0.463.